The van der Waals surface area contributed by atoms with Crippen LogP contribution in [0.15, 0.2) is 53.5 Å². The van der Waals surface area contributed by atoms with Crippen LogP contribution >= 0.6 is 0 Å². The van der Waals surface area contributed by atoms with Crippen LogP contribution in [0.5, 0.6) is 11.5 Å². The fourth-order valence-corrected chi connectivity index (χ4v) is 2.58. The highest BCUT2D eigenvalue weighted by atomic mass is 16.5. The normalized spacial score (nSPS) is 11.1. The summed E-state index contributed by atoms with van der Waals surface area (Å²) >= 11 is 0. The lowest BCUT2D eigenvalue weighted by atomic mass is 10.2. The molecule has 0 spiro atoms. The summed E-state index contributed by atoms with van der Waals surface area (Å²) in [6, 6.07) is 16.2. The van der Waals surface area contributed by atoms with Gasteiger partial charge in [-0.05, 0) is 11.6 Å². The van der Waals surface area contributed by atoms with Crippen LogP contribution < -0.4 is 14.8 Å². The largest absolute Gasteiger partial charge is 0.493 e. The number of nitrogens with zero attached hydrogens (tertiary/aromatic N) is 2. The number of benzene rings is 2. The van der Waals surface area contributed by atoms with E-state index < -0.39 is 0 Å². The van der Waals surface area contributed by atoms with E-state index in [9.17, 15) is 0 Å². The maximum Gasteiger partial charge on any atom is 0.193 e. The first-order valence-corrected chi connectivity index (χ1v) is 7.85. The van der Waals surface area contributed by atoms with Gasteiger partial charge in [-0.1, -0.05) is 42.5 Å². The zero-order chi connectivity index (χ0) is 17.4. The van der Waals surface area contributed by atoms with Gasteiger partial charge in [0.15, 0.2) is 17.5 Å². The predicted molar refractivity (Wildman–Crippen MR) is 97.7 cm³/mol. The number of rotatable bonds is 6. The van der Waals surface area contributed by atoms with Crippen molar-refractivity contribution in [3.05, 3.63) is 59.7 Å². The van der Waals surface area contributed by atoms with Crippen LogP contribution in [0, 0.1) is 0 Å². The van der Waals surface area contributed by atoms with Gasteiger partial charge in [-0.2, -0.15) is 0 Å². The quantitative estimate of drug-likeness (QED) is 0.654. The number of ether oxygens (including phenoxy) is 2. The van der Waals surface area contributed by atoms with Gasteiger partial charge in [-0.15, -0.1) is 0 Å². The van der Waals surface area contributed by atoms with Crippen molar-refractivity contribution in [1.82, 2.24) is 10.2 Å². The summed E-state index contributed by atoms with van der Waals surface area (Å²) in [6.07, 6.45) is 0. The number of hydrogen-bond acceptors (Lipinski definition) is 3. The molecule has 0 aromatic heterocycles. The van der Waals surface area contributed by atoms with E-state index in [1.54, 1.807) is 21.3 Å². The zero-order valence-electron chi connectivity index (χ0n) is 14.7. The van der Waals surface area contributed by atoms with Gasteiger partial charge in [0, 0.05) is 32.7 Å². The number of methoxy groups -OCH3 is 2. The molecule has 0 atom stereocenters. The first-order valence-electron chi connectivity index (χ1n) is 7.85. The second kappa shape index (κ2) is 8.82. The molecule has 1 N–H and O–H groups in total. The Hall–Kier alpha value is -2.69. The Kier molecular flexibility index (Phi) is 6.49. The summed E-state index contributed by atoms with van der Waals surface area (Å²) in [5.41, 5.74) is 2.26. The van der Waals surface area contributed by atoms with Crippen molar-refractivity contribution in [3.8, 4) is 11.5 Å². The molecule has 2 rings (SSSR count). The average molecular weight is 327 g/mol. The Morgan fingerprint density at radius 2 is 1.79 bits per heavy atom. The minimum absolute atomic E-state index is 0.603. The molecular weight excluding hydrogens is 302 g/mol. The first kappa shape index (κ1) is 17.7. The van der Waals surface area contributed by atoms with E-state index in [0.29, 0.717) is 6.54 Å². The van der Waals surface area contributed by atoms with Gasteiger partial charge in [-0.3, -0.25) is 4.99 Å². The molecule has 24 heavy (non-hydrogen) atoms. The first-order chi connectivity index (χ1) is 11.7. The van der Waals surface area contributed by atoms with Gasteiger partial charge >= 0.3 is 0 Å². The monoisotopic (exact) mass is 327 g/mol. The molecule has 0 saturated heterocycles. The second-order valence-corrected chi connectivity index (χ2v) is 5.40. The standard InChI is InChI=1S/C19H25N3O2/c1-20-19(22(2)14-15-9-6-5-7-10-15)21-13-16-11-8-12-17(23-3)18(16)24-4/h5-12H,13-14H2,1-4H3,(H,20,21). The lowest BCUT2D eigenvalue weighted by Crippen LogP contribution is -2.38. The number of aliphatic imine (C=N–C) groups is 1. The Bertz CT molecular complexity index is 672. The molecule has 5 nitrogen and oxygen atoms in total. The highest BCUT2D eigenvalue weighted by Crippen LogP contribution is 2.30. The van der Waals surface area contributed by atoms with Crippen molar-refractivity contribution in [2.24, 2.45) is 4.99 Å². The SMILES string of the molecule is CN=C(NCc1cccc(OC)c1OC)N(C)Cc1ccccc1. The van der Waals surface area contributed by atoms with Gasteiger partial charge in [0.05, 0.1) is 14.2 Å². The van der Waals surface area contributed by atoms with Gasteiger partial charge in [0.1, 0.15) is 0 Å². The lowest BCUT2D eigenvalue weighted by Gasteiger charge is -2.23. The van der Waals surface area contributed by atoms with E-state index in [4.69, 9.17) is 9.47 Å². The van der Waals surface area contributed by atoms with Crippen LogP contribution in [0.1, 0.15) is 11.1 Å². The van der Waals surface area contributed by atoms with E-state index in [2.05, 4.69) is 27.3 Å². The van der Waals surface area contributed by atoms with E-state index in [0.717, 1.165) is 29.6 Å². The highest BCUT2D eigenvalue weighted by Gasteiger charge is 2.11. The molecule has 5 heteroatoms. The third-order valence-corrected chi connectivity index (χ3v) is 3.76. The van der Waals surface area contributed by atoms with E-state index in [1.165, 1.54) is 5.56 Å². The van der Waals surface area contributed by atoms with Crippen molar-refractivity contribution in [3.63, 3.8) is 0 Å². The number of hydrogen-bond donors (Lipinski definition) is 1. The molecule has 2 aromatic rings. The summed E-state index contributed by atoms with van der Waals surface area (Å²) in [5.74, 6) is 2.29. The third kappa shape index (κ3) is 4.41. The van der Waals surface area contributed by atoms with Gasteiger partial charge < -0.3 is 19.7 Å². The van der Waals surface area contributed by atoms with Crippen LogP contribution in [-0.2, 0) is 13.1 Å². The lowest BCUT2D eigenvalue weighted by molar-refractivity contribution is 0.351. The molecule has 0 aliphatic rings. The van der Waals surface area contributed by atoms with Gasteiger partial charge in [0.2, 0.25) is 0 Å². The van der Waals surface area contributed by atoms with E-state index >= 15 is 0 Å². The molecule has 0 heterocycles. The van der Waals surface area contributed by atoms with E-state index in [1.807, 2.05) is 43.4 Å². The van der Waals surface area contributed by atoms with Crippen LogP contribution in [0.3, 0.4) is 0 Å². The van der Waals surface area contributed by atoms with Crippen LogP contribution in [0.25, 0.3) is 0 Å². The van der Waals surface area contributed by atoms with Crippen molar-refractivity contribution in [2.75, 3.05) is 28.3 Å². The summed E-state index contributed by atoms with van der Waals surface area (Å²) in [4.78, 5) is 6.44. The fraction of sp³-hybridized carbons (Fsp3) is 0.316. The summed E-state index contributed by atoms with van der Waals surface area (Å²) in [7, 11) is 7.09. The third-order valence-electron chi connectivity index (χ3n) is 3.76. The van der Waals surface area contributed by atoms with Crippen molar-refractivity contribution < 1.29 is 9.47 Å². The molecule has 0 unspecified atom stereocenters. The number of para-hydroxylation sites is 1. The molecule has 0 aliphatic carbocycles. The molecule has 0 aliphatic heterocycles. The number of nitrogens with one attached hydrogen (secondary N) is 1. The van der Waals surface area contributed by atoms with Crippen molar-refractivity contribution in [2.45, 2.75) is 13.1 Å². The molecule has 0 radical (unpaired) electrons. The van der Waals surface area contributed by atoms with Gasteiger partial charge in [0.25, 0.3) is 0 Å². The Labute approximate surface area is 143 Å². The molecule has 0 saturated carbocycles. The predicted octanol–water partition coefficient (Wildman–Crippen LogP) is 2.91. The van der Waals surface area contributed by atoms with Crippen LogP contribution in [-0.4, -0.2) is 39.2 Å². The minimum atomic E-state index is 0.603. The molecule has 0 bridgehead atoms. The van der Waals surface area contributed by atoms with Crippen LogP contribution in [0.4, 0.5) is 0 Å². The smallest absolute Gasteiger partial charge is 0.193 e. The Morgan fingerprint density at radius 1 is 1.04 bits per heavy atom. The molecule has 128 valence electrons. The highest BCUT2D eigenvalue weighted by molar-refractivity contribution is 5.79. The van der Waals surface area contributed by atoms with Crippen molar-refractivity contribution >= 4 is 5.96 Å². The maximum absolute atomic E-state index is 5.47. The Morgan fingerprint density at radius 3 is 2.42 bits per heavy atom. The summed E-state index contributed by atoms with van der Waals surface area (Å²) < 4.78 is 10.8. The Balaban J connectivity index is 2.04. The molecule has 0 amide bonds. The van der Waals surface area contributed by atoms with Gasteiger partial charge in [-0.25, -0.2) is 0 Å². The van der Waals surface area contributed by atoms with E-state index in [-0.39, 0.29) is 0 Å². The zero-order valence-corrected chi connectivity index (χ0v) is 14.7. The minimum Gasteiger partial charge on any atom is -0.493 e. The topological polar surface area (TPSA) is 46.1 Å². The van der Waals surface area contributed by atoms with Crippen LogP contribution in [0.2, 0.25) is 0 Å². The molecule has 2 aromatic carbocycles. The fourth-order valence-electron chi connectivity index (χ4n) is 2.58. The number of guanidine groups is 1. The summed E-state index contributed by atoms with van der Waals surface area (Å²) in [6.45, 7) is 1.39. The molecule has 0 fully saturated rings. The van der Waals surface area contributed by atoms with Crippen molar-refractivity contribution in [1.29, 1.82) is 0 Å². The second-order valence-electron chi connectivity index (χ2n) is 5.40. The molecular formula is C19H25N3O2. The average Bonchev–Trinajstić information content (AvgIpc) is 2.62. The maximum atomic E-state index is 5.47. The summed E-state index contributed by atoms with van der Waals surface area (Å²) in [5, 5.41) is 3.37.